The number of nitrogens with one attached hydrogen (secondary N) is 2. The lowest BCUT2D eigenvalue weighted by molar-refractivity contribution is -0.384. The van der Waals surface area contributed by atoms with Crippen molar-refractivity contribution in [2.24, 2.45) is 0 Å². The molecule has 2 N–H and O–H groups in total. The first-order valence-corrected chi connectivity index (χ1v) is 11.7. The summed E-state index contributed by atoms with van der Waals surface area (Å²) in [5.74, 6) is -0.700. The first-order chi connectivity index (χ1) is 16.9. The van der Waals surface area contributed by atoms with Crippen molar-refractivity contribution in [3.63, 3.8) is 0 Å². The normalized spacial score (nSPS) is 10.8. The van der Waals surface area contributed by atoms with Crippen LogP contribution in [-0.4, -0.2) is 33.6 Å². The van der Waals surface area contributed by atoms with E-state index in [0.29, 0.717) is 24.3 Å². The van der Waals surface area contributed by atoms with Crippen LogP contribution in [0.5, 0.6) is 0 Å². The van der Waals surface area contributed by atoms with E-state index >= 15 is 0 Å². The number of para-hydroxylation sites is 1. The summed E-state index contributed by atoms with van der Waals surface area (Å²) < 4.78 is 15.0. The third kappa shape index (κ3) is 6.04. The van der Waals surface area contributed by atoms with Crippen LogP contribution in [0.4, 0.5) is 15.8 Å². The number of amides is 2. The van der Waals surface area contributed by atoms with Crippen LogP contribution < -0.4 is 10.6 Å². The highest BCUT2D eigenvalue weighted by atomic mass is 32.2. The number of anilines is 1. The van der Waals surface area contributed by atoms with Gasteiger partial charge in [0, 0.05) is 58.5 Å². The molecule has 0 fully saturated rings. The average molecular weight is 493 g/mol. The van der Waals surface area contributed by atoms with Crippen LogP contribution >= 0.6 is 11.8 Å². The second-order valence-electron chi connectivity index (χ2n) is 7.61. The summed E-state index contributed by atoms with van der Waals surface area (Å²) in [4.78, 5) is 35.9. The van der Waals surface area contributed by atoms with E-state index in [2.05, 4.69) is 10.6 Å². The van der Waals surface area contributed by atoms with E-state index in [1.54, 1.807) is 0 Å². The van der Waals surface area contributed by atoms with Gasteiger partial charge in [-0.2, -0.15) is 0 Å². The molecule has 0 saturated carbocycles. The van der Waals surface area contributed by atoms with Crippen molar-refractivity contribution in [2.45, 2.75) is 11.4 Å². The van der Waals surface area contributed by atoms with Gasteiger partial charge in [-0.25, -0.2) is 4.39 Å². The van der Waals surface area contributed by atoms with Gasteiger partial charge in [0.05, 0.1) is 10.7 Å². The van der Waals surface area contributed by atoms with Crippen molar-refractivity contribution >= 4 is 45.9 Å². The topological polar surface area (TPSA) is 106 Å². The van der Waals surface area contributed by atoms with Gasteiger partial charge in [0.1, 0.15) is 5.82 Å². The van der Waals surface area contributed by atoms with Crippen molar-refractivity contribution in [2.75, 3.05) is 17.6 Å². The number of rotatable bonds is 9. The van der Waals surface area contributed by atoms with Crippen LogP contribution in [-0.2, 0) is 11.3 Å². The standard InChI is InChI=1S/C25H21FN4O4S/c26-18-7-9-19(10-8-18)28-24(31)16-35-23-15-29(22-4-2-1-3-21(22)23)14-13-27-25(32)17-5-11-20(12-6-17)30(33)34/h1-12,15H,13-14,16H2,(H,27,32)(H,28,31). The molecule has 1 heterocycles. The Kier molecular flexibility index (Phi) is 7.41. The highest BCUT2D eigenvalue weighted by molar-refractivity contribution is 8.00. The third-order valence-corrected chi connectivity index (χ3v) is 6.26. The van der Waals surface area contributed by atoms with Gasteiger partial charge in [-0.1, -0.05) is 18.2 Å². The zero-order chi connectivity index (χ0) is 24.8. The Bertz CT molecular complexity index is 1370. The van der Waals surface area contributed by atoms with Crippen LogP contribution in [0.15, 0.2) is 83.9 Å². The molecule has 3 aromatic carbocycles. The summed E-state index contributed by atoms with van der Waals surface area (Å²) in [5, 5.41) is 17.3. The summed E-state index contributed by atoms with van der Waals surface area (Å²) in [5.41, 5.74) is 1.77. The molecule has 0 radical (unpaired) electrons. The van der Waals surface area contributed by atoms with Crippen molar-refractivity contribution in [3.05, 3.63) is 100 Å². The first-order valence-electron chi connectivity index (χ1n) is 10.7. The van der Waals surface area contributed by atoms with E-state index < -0.39 is 4.92 Å². The second kappa shape index (κ2) is 10.8. The summed E-state index contributed by atoms with van der Waals surface area (Å²) in [6.45, 7) is 0.852. The number of carbonyl (C=O) groups excluding carboxylic acids is 2. The van der Waals surface area contributed by atoms with E-state index in [9.17, 15) is 24.1 Å². The van der Waals surface area contributed by atoms with Crippen LogP contribution in [0.2, 0.25) is 0 Å². The molecule has 178 valence electrons. The summed E-state index contributed by atoms with van der Waals surface area (Å²) in [6.07, 6.45) is 1.94. The number of hydrogen-bond acceptors (Lipinski definition) is 5. The van der Waals surface area contributed by atoms with Crippen LogP contribution in [0, 0.1) is 15.9 Å². The Morgan fingerprint density at radius 3 is 2.43 bits per heavy atom. The minimum Gasteiger partial charge on any atom is -0.350 e. The largest absolute Gasteiger partial charge is 0.350 e. The molecule has 4 aromatic rings. The molecule has 0 atom stereocenters. The number of aromatic nitrogens is 1. The number of nitrogens with zero attached hydrogens (tertiary/aromatic N) is 2. The van der Waals surface area contributed by atoms with Crippen LogP contribution in [0.1, 0.15) is 10.4 Å². The molecule has 8 nitrogen and oxygen atoms in total. The second-order valence-corrected chi connectivity index (χ2v) is 8.62. The highest BCUT2D eigenvalue weighted by Gasteiger charge is 2.12. The fourth-order valence-electron chi connectivity index (χ4n) is 3.51. The minimum atomic E-state index is -0.513. The molecule has 1 aromatic heterocycles. The van der Waals surface area contributed by atoms with E-state index in [-0.39, 0.29) is 29.1 Å². The molecule has 0 aliphatic rings. The summed E-state index contributed by atoms with van der Waals surface area (Å²) in [6, 6.07) is 18.8. The number of fused-ring (bicyclic) bond motifs is 1. The molecule has 0 aliphatic heterocycles. The molecule has 2 amide bonds. The molecule has 10 heteroatoms. The van der Waals surface area contributed by atoms with Crippen molar-refractivity contribution in [3.8, 4) is 0 Å². The lowest BCUT2D eigenvalue weighted by atomic mass is 10.2. The number of thioether (sulfide) groups is 1. The Morgan fingerprint density at radius 1 is 1.00 bits per heavy atom. The maximum Gasteiger partial charge on any atom is 0.269 e. The lowest BCUT2D eigenvalue weighted by Crippen LogP contribution is -2.27. The smallest absolute Gasteiger partial charge is 0.269 e. The fourth-order valence-corrected chi connectivity index (χ4v) is 4.40. The molecular formula is C25H21FN4O4S. The number of benzene rings is 3. The number of non-ortho nitro benzene ring substituents is 1. The Morgan fingerprint density at radius 2 is 1.71 bits per heavy atom. The highest BCUT2D eigenvalue weighted by Crippen LogP contribution is 2.30. The number of carbonyl (C=O) groups is 2. The van der Waals surface area contributed by atoms with Crippen LogP contribution in [0.25, 0.3) is 10.9 Å². The maximum absolute atomic E-state index is 13.0. The lowest BCUT2D eigenvalue weighted by Gasteiger charge is -2.07. The zero-order valence-corrected chi connectivity index (χ0v) is 19.3. The molecule has 4 rings (SSSR count). The molecule has 0 spiro atoms. The zero-order valence-electron chi connectivity index (χ0n) is 18.4. The van der Waals surface area contributed by atoms with E-state index in [1.807, 2.05) is 35.0 Å². The molecule has 0 bridgehead atoms. The quantitative estimate of drug-likeness (QED) is 0.197. The average Bonchev–Trinajstić information content (AvgIpc) is 3.22. The van der Waals surface area contributed by atoms with Gasteiger partial charge in [-0.15, -0.1) is 11.8 Å². The predicted octanol–water partition coefficient (Wildman–Crippen LogP) is 4.85. The van der Waals surface area contributed by atoms with Gasteiger partial charge in [-0.3, -0.25) is 19.7 Å². The first kappa shape index (κ1) is 24.0. The van der Waals surface area contributed by atoms with Gasteiger partial charge in [0.2, 0.25) is 5.91 Å². The number of nitro groups is 1. The predicted molar refractivity (Wildman–Crippen MR) is 133 cm³/mol. The van der Waals surface area contributed by atoms with E-state index in [4.69, 9.17) is 0 Å². The summed E-state index contributed by atoms with van der Waals surface area (Å²) in [7, 11) is 0. The Balaban J connectivity index is 1.36. The number of nitro benzene ring substituents is 1. The number of hydrogen-bond donors (Lipinski definition) is 2. The molecule has 0 saturated heterocycles. The van der Waals surface area contributed by atoms with Crippen molar-refractivity contribution < 1.29 is 18.9 Å². The molecule has 0 aliphatic carbocycles. The fraction of sp³-hybridized carbons (Fsp3) is 0.120. The van der Waals surface area contributed by atoms with E-state index in [0.717, 1.165) is 15.8 Å². The molecular weight excluding hydrogens is 471 g/mol. The van der Waals surface area contributed by atoms with Crippen LogP contribution in [0.3, 0.4) is 0 Å². The number of halogens is 1. The van der Waals surface area contributed by atoms with Gasteiger partial charge in [0.15, 0.2) is 0 Å². The van der Waals surface area contributed by atoms with Gasteiger partial charge < -0.3 is 15.2 Å². The molecule has 0 unspecified atom stereocenters. The molecule has 35 heavy (non-hydrogen) atoms. The monoisotopic (exact) mass is 492 g/mol. The SMILES string of the molecule is O=C(CSc1cn(CCNC(=O)c2ccc([N+](=O)[O-])cc2)c2ccccc12)Nc1ccc(F)cc1. The third-order valence-electron chi connectivity index (χ3n) is 5.22. The Labute approximate surface area is 204 Å². The van der Waals surface area contributed by atoms with Crippen molar-refractivity contribution in [1.29, 1.82) is 0 Å². The summed E-state index contributed by atoms with van der Waals surface area (Å²) >= 11 is 1.39. The Hall–Kier alpha value is -4.18. The van der Waals surface area contributed by atoms with Gasteiger partial charge in [-0.05, 0) is 42.5 Å². The maximum atomic E-state index is 13.0. The van der Waals surface area contributed by atoms with Crippen molar-refractivity contribution in [1.82, 2.24) is 9.88 Å². The van der Waals surface area contributed by atoms with E-state index in [1.165, 1.54) is 60.3 Å². The van der Waals surface area contributed by atoms with Gasteiger partial charge in [0.25, 0.3) is 11.6 Å². The minimum absolute atomic E-state index is 0.0725. The van der Waals surface area contributed by atoms with Gasteiger partial charge >= 0.3 is 0 Å².